The van der Waals surface area contributed by atoms with Gasteiger partial charge >= 0.3 is 0 Å². The average Bonchev–Trinajstić information content (AvgIpc) is 2.89. The number of nitrogens with zero attached hydrogens (tertiary/aromatic N) is 4. The molecule has 4 aromatic rings. The summed E-state index contributed by atoms with van der Waals surface area (Å²) in [6.45, 7) is 3.97. The molecule has 0 amide bonds. The van der Waals surface area contributed by atoms with E-state index in [4.69, 9.17) is 16.6 Å². The number of hydrogen-bond acceptors (Lipinski definition) is 7. The van der Waals surface area contributed by atoms with Crippen LogP contribution in [0.4, 0.5) is 11.8 Å². The van der Waals surface area contributed by atoms with Crippen molar-refractivity contribution in [1.29, 1.82) is 0 Å². The zero-order valence-electron chi connectivity index (χ0n) is 20.8. The molecule has 0 bridgehead atoms. The Labute approximate surface area is 222 Å². The third-order valence-electron chi connectivity index (χ3n) is 6.70. The first kappa shape index (κ1) is 25.4. The number of aromatic nitrogens is 4. The second kappa shape index (κ2) is 10.6. The molecular weight excluding hydrogens is 508 g/mol. The molecule has 2 heterocycles. The maximum Gasteiger partial charge on any atom is 0.264 e. The predicted octanol–water partition coefficient (Wildman–Crippen LogP) is 6.16. The number of nitrogens with one attached hydrogen (secondary N) is 2. The lowest BCUT2D eigenvalue weighted by Gasteiger charge is -2.22. The van der Waals surface area contributed by atoms with Crippen LogP contribution in [0.1, 0.15) is 50.2 Å². The van der Waals surface area contributed by atoms with Crippen LogP contribution in [0.2, 0.25) is 5.02 Å². The maximum absolute atomic E-state index is 12.8. The minimum atomic E-state index is -3.90. The van der Waals surface area contributed by atoms with Crippen LogP contribution < -0.4 is 10.0 Å². The summed E-state index contributed by atoms with van der Waals surface area (Å²) in [6, 6.07) is 12.4. The Balaban J connectivity index is 1.43. The highest BCUT2D eigenvalue weighted by Gasteiger charge is 2.20. The number of benzene rings is 2. The second-order valence-corrected chi connectivity index (χ2v) is 11.5. The molecule has 5 rings (SSSR count). The molecule has 2 aromatic heterocycles. The number of sulfonamides is 1. The lowest BCUT2D eigenvalue weighted by molar-refractivity contribution is 0.461. The van der Waals surface area contributed by atoms with Crippen LogP contribution in [0.15, 0.2) is 53.6 Å². The molecule has 2 N–H and O–H groups in total. The molecule has 37 heavy (non-hydrogen) atoms. The van der Waals surface area contributed by atoms with Gasteiger partial charge in [-0.1, -0.05) is 49.9 Å². The number of rotatable bonds is 7. The third kappa shape index (κ3) is 5.52. The van der Waals surface area contributed by atoms with Crippen LogP contribution in [0.5, 0.6) is 0 Å². The Kier molecular flexibility index (Phi) is 7.26. The first-order valence-electron chi connectivity index (χ1n) is 12.5. The van der Waals surface area contributed by atoms with Gasteiger partial charge < -0.3 is 5.32 Å². The summed E-state index contributed by atoms with van der Waals surface area (Å²) in [5, 5.41) is 13.1. The number of halogens is 1. The van der Waals surface area contributed by atoms with Crippen LogP contribution in [-0.4, -0.2) is 34.6 Å². The van der Waals surface area contributed by atoms with Crippen LogP contribution in [0.25, 0.3) is 22.2 Å². The molecule has 192 valence electrons. The lowest BCUT2D eigenvalue weighted by Crippen LogP contribution is -2.23. The Morgan fingerprint density at radius 2 is 1.84 bits per heavy atom. The molecular formula is C27H29ClN6O2S. The van der Waals surface area contributed by atoms with Gasteiger partial charge in [0.05, 0.1) is 16.2 Å². The molecule has 1 aliphatic carbocycles. The summed E-state index contributed by atoms with van der Waals surface area (Å²) >= 11 is 6.08. The molecule has 0 atom stereocenters. The molecule has 8 nitrogen and oxygen atoms in total. The highest BCUT2D eigenvalue weighted by atomic mass is 35.5. The molecule has 0 aliphatic heterocycles. The van der Waals surface area contributed by atoms with E-state index in [2.05, 4.69) is 38.2 Å². The summed E-state index contributed by atoms with van der Waals surface area (Å²) < 4.78 is 28.1. The molecule has 0 radical (unpaired) electrons. The smallest absolute Gasteiger partial charge is 0.264 e. The number of fused-ring (bicyclic) bond motifs is 1. The number of anilines is 2. The SMILES string of the molecule is CCc1cc(-c2nnc(NS(=O)(=O)c3ccccc3Cl)cc2C)cc2cnc(NC3CCCCC3)nc12. The van der Waals surface area contributed by atoms with Crippen molar-refractivity contribution in [3.63, 3.8) is 0 Å². The predicted molar refractivity (Wildman–Crippen MR) is 147 cm³/mol. The monoisotopic (exact) mass is 536 g/mol. The van der Waals surface area contributed by atoms with Gasteiger partial charge in [-0.15, -0.1) is 10.2 Å². The highest BCUT2D eigenvalue weighted by molar-refractivity contribution is 7.92. The summed E-state index contributed by atoms with van der Waals surface area (Å²) in [5.41, 5.74) is 4.35. The molecule has 1 aliphatic rings. The lowest BCUT2D eigenvalue weighted by atomic mass is 9.96. The van der Waals surface area contributed by atoms with Crippen LogP contribution in [0.3, 0.4) is 0 Å². The summed E-state index contributed by atoms with van der Waals surface area (Å²) in [4.78, 5) is 9.41. The summed E-state index contributed by atoms with van der Waals surface area (Å²) in [7, 11) is -3.90. The van der Waals surface area contributed by atoms with Crippen molar-refractivity contribution < 1.29 is 8.42 Å². The van der Waals surface area contributed by atoms with E-state index in [0.717, 1.165) is 46.9 Å². The second-order valence-electron chi connectivity index (χ2n) is 9.40. The normalized spacial score (nSPS) is 14.6. The van der Waals surface area contributed by atoms with Crippen molar-refractivity contribution >= 4 is 44.3 Å². The molecule has 2 aromatic carbocycles. The van der Waals surface area contributed by atoms with E-state index in [1.807, 2.05) is 19.2 Å². The molecule has 0 unspecified atom stereocenters. The number of hydrogen-bond donors (Lipinski definition) is 2. The molecule has 0 saturated heterocycles. The molecule has 10 heteroatoms. The number of aryl methyl sites for hydroxylation is 2. The minimum absolute atomic E-state index is 0.0142. The van der Waals surface area contributed by atoms with Crippen molar-refractivity contribution in [3.8, 4) is 11.3 Å². The first-order chi connectivity index (χ1) is 17.8. The maximum atomic E-state index is 12.8. The molecule has 1 saturated carbocycles. The van der Waals surface area contributed by atoms with E-state index in [-0.39, 0.29) is 15.7 Å². The molecule has 1 fully saturated rings. The summed E-state index contributed by atoms with van der Waals surface area (Å²) in [5.74, 6) is 0.799. The van der Waals surface area contributed by atoms with Crippen molar-refractivity contribution in [2.45, 2.75) is 63.3 Å². The van der Waals surface area contributed by atoms with Crippen molar-refractivity contribution in [2.75, 3.05) is 10.0 Å². The van der Waals surface area contributed by atoms with Gasteiger partial charge in [-0.2, -0.15) is 0 Å². The Hall–Kier alpha value is -3.30. The Bertz CT molecular complexity index is 1550. The largest absolute Gasteiger partial charge is 0.351 e. The quantitative estimate of drug-likeness (QED) is 0.291. The fourth-order valence-electron chi connectivity index (χ4n) is 4.80. The standard InChI is InChI=1S/C27H29ClN6O2S/c1-3-18-14-19(15-20-16-29-27(31-26(18)20)30-21-9-5-4-6-10-21)25-17(2)13-24(32-33-25)34-37(35,36)23-12-8-7-11-22(23)28/h7-8,11-16,21H,3-6,9-10H2,1-2H3,(H,32,34)(H,29,30,31). The zero-order chi connectivity index (χ0) is 26.0. The van der Waals surface area contributed by atoms with E-state index in [0.29, 0.717) is 17.7 Å². The van der Waals surface area contributed by atoms with Crippen molar-refractivity contribution in [1.82, 2.24) is 20.2 Å². The van der Waals surface area contributed by atoms with Gasteiger partial charge in [0.2, 0.25) is 5.95 Å². The van der Waals surface area contributed by atoms with E-state index in [1.54, 1.807) is 18.2 Å². The highest BCUT2D eigenvalue weighted by Crippen LogP contribution is 2.30. The van der Waals surface area contributed by atoms with Crippen LogP contribution >= 0.6 is 11.6 Å². The topological polar surface area (TPSA) is 110 Å². The van der Waals surface area contributed by atoms with E-state index >= 15 is 0 Å². The van der Waals surface area contributed by atoms with E-state index in [9.17, 15) is 8.42 Å². The fourth-order valence-corrected chi connectivity index (χ4v) is 6.31. The third-order valence-corrected chi connectivity index (χ3v) is 8.56. The van der Waals surface area contributed by atoms with Crippen LogP contribution in [0, 0.1) is 6.92 Å². The fraction of sp³-hybridized carbons (Fsp3) is 0.333. The van der Waals surface area contributed by atoms with Gasteiger partial charge in [0.15, 0.2) is 5.82 Å². The van der Waals surface area contributed by atoms with Crippen molar-refractivity contribution in [2.24, 2.45) is 0 Å². The zero-order valence-corrected chi connectivity index (χ0v) is 22.4. The Morgan fingerprint density at radius 3 is 2.57 bits per heavy atom. The minimum Gasteiger partial charge on any atom is -0.351 e. The summed E-state index contributed by atoms with van der Waals surface area (Å²) in [6.07, 6.45) is 8.76. The van der Waals surface area contributed by atoms with Crippen LogP contribution in [-0.2, 0) is 16.4 Å². The average molecular weight is 537 g/mol. The van der Waals surface area contributed by atoms with E-state index < -0.39 is 10.0 Å². The van der Waals surface area contributed by atoms with Gasteiger partial charge in [0.25, 0.3) is 10.0 Å². The van der Waals surface area contributed by atoms with Gasteiger partial charge in [-0.3, -0.25) is 4.72 Å². The van der Waals surface area contributed by atoms with Gasteiger partial charge in [0.1, 0.15) is 4.90 Å². The van der Waals surface area contributed by atoms with Crippen molar-refractivity contribution in [3.05, 3.63) is 64.8 Å². The van der Waals surface area contributed by atoms with E-state index in [1.165, 1.54) is 31.4 Å². The first-order valence-corrected chi connectivity index (χ1v) is 14.4. The molecule has 0 spiro atoms. The van der Waals surface area contributed by atoms with Gasteiger partial charge in [-0.25, -0.2) is 18.4 Å². The van der Waals surface area contributed by atoms with Gasteiger partial charge in [0, 0.05) is 23.2 Å². The van der Waals surface area contributed by atoms with Gasteiger partial charge in [-0.05, 0) is 67.6 Å². The Morgan fingerprint density at radius 1 is 1.05 bits per heavy atom.